The van der Waals surface area contributed by atoms with Crippen molar-refractivity contribution in [3.8, 4) is 0 Å². The fourth-order valence-corrected chi connectivity index (χ4v) is 2.61. The van der Waals surface area contributed by atoms with Gasteiger partial charge < -0.3 is 5.73 Å². The van der Waals surface area contributed by atoms with Crippen molar-refractivity contribution in [2.24, 2.45) is 5.73 Å². The minimum atomic E-state index is 0.701. The number of nitrogens with two attached hydrogens (primary N) is 1. The number of rotatable bonds is 6. The lowest BCUT2D eigenvalue weighted by molar-refractivity contribution is 0.266. The van der Waals surface area contributed by atoms with E-state index in [1.165, 1.54) is 23.5 Å². The third-order valence-corrected chi connectivity index (χ3v) is 3.75. The van der Waals surface area contributed by atoms with Crippen LogP contribution in [-0.2, 0) is 13.0 Å². The van der Waals surface area contributed by atoms with Gasteiger partial charge in [-0.05, 0) is 25.9 Å². The maximum Gasteiger partial charge on any atom is 0.0941 e. The topological polar surface area (TPSA) is 42.1 Å². The largest absolute Gasteiger partial charge is 0.330 e. The molecule has 2 N–H and O–H groups in total. The molecule has 0 radical (unpaired) electrons. The average molecular weight is 225 g/mol. The van der Waals surface area contributed by atoms with Gasteiger partial charge in [-0.15, -0.1) is 11.3 Å². The van der Waals surface area contributed by atoms with E-state index >= 15 is 0 Å². The molecule has 3 nitrogen and oxygen atoms in total. The highest BCUT2D eigenvalue weighted by Crippen LogP contribution is 2.28. The molecule has 1 aromatic rings. The summed E-state index contributed by atoms with van der Waals surface area (Å²) < 4.78 is 0. The summed E-state index contributed by atoms with van der Waals surface area (Å²) >= 11 is 1.74. The van der Waals surface area contributed by atoms with Crippen molar-refractivity contribution >= 4 is 11.3 Å². The van der Waals surface area contributed by atoms with E-state index in [-0.39, 0.29) is 0 Å². The summed E-state index contributed by atoms with van der Waals surface area (Å²) in [6, 6.07) is 0.828. The van der Waals surface area contributed by atoms with Crippen molar-refractivity contribution in [1.29, 1.82) is 0 Å². The Kier molecular flexibility index (Phi) is 3.72. The van der Waals surface area contributed by atoms with Crippen molar-refractivity contribution in [2.45, 2.75) is 38.8 Å². The highest BCUT2D eigenvalue weighted by molar-refractivity contribution is 7.09. The number of hydrogen-bond acceptors (Lipinski definition) is 4. The summed E-state index contributed by atoms with van der Waals surface area (Å²) in [5.41, 5.74) is 6.73. The van der Waals surface area contributed by atoms with E-state index in [1.807, 2.05) is 0 Å². The summed E-state index contributed by atoms with van der Waals surface area (Å²) in [7, 11) is 0. The van der Waals surface area contributed by atoms with Gasteiger partial charge in [0.05, 0.1) is 10.7 Å². The first-order chi connectivity index (χ1) is 7.33. The van der Waals surface area contributed by atoms with E-state index in [9.17, 15) is 0 Å². The predicted octanol–water partition coefficient (Wildman–Crippen LogP) is 1.63. The van der Waals surface area contributed by atoms with Gasteiger partial charge in [-0.2, -0.15) is 0 Å². The summed E-state index contributed by atoms with van der Waals surface area (Å²) in [5, 5.41) is 3.36. The molecule has 1 saturated carbocycles. The van der Waals surface area contributed by atoms with Crippen LogP contribution in [0.4, 0.5) is 0 Å². The molecule has 0 atom stereocenters. The maximum atomic E-state index is 5.51. The Morgan fingerprint density at radius 3 is 3.00 bits per heavy atom. The highest BCUT2D eigenvalue weighted by atomic mass is 32.1. The van der Waals surface area contributed by atoms with E-state index in [0.717, 1.165) is 25.6 Å². The Morgan fingerprint density at radius 2 is 2.40 bits per heavy atom. The zero-order chi connectivity index (χ0) is 10.7. The van der Waals surface area contributed by atoms with Gasteiger partial charge in [0.15, 0.2) is 0 Å². The monoisotopic (exact) mass is 225 g/mol. The van der Waals surface area contributed by atoms with Gasteiger partial charge in [-0.3, -0.25) is 4.90 Å². The van der Waals surface area contributed by atoms with Crippen LogP contribution in [0.15, 0.2) is 5.38 Å². The summed E-state index contributed by atoms with van der Waals surface area (Å²) in [5.74, 6) is 0. The van der Waals surface area contributed by atoms with Gasteiger partial charge in [-0.1, -0.05) is 6.92 Å². The van der Waals surface area contributed by atoms with Crippen LogP contribution >= 0.6 is 11.3 Å². The Labute approximate surface area is 95.3 Å². The molecule has 0 amide bonds. The number of thiazole rings is 1. The molecular weight excluding hydrogens is 206 g/mol. The van der Waals surface area contributed by atoms with Crippen LogP contribution in [0.25, 0.3) is 0 Å². The molecule has 0 unspecified atom stereocenters. The fourth-order valence-electron chi connectivity index (χ4n) is 1.81. The lowest BCUT2D eigenvalue weighted by Gasteiger charge is -2.17. The van der Waals surface area contributed by atoms with Gasteiger partial charge >= 0.3 is 0 Å². The van der Waals surface area contributed by atoms with Crippen molar-refractivity contribution in [2.75, 3.05) is 13.1 Å². The molecule has 0 aliphatic heterocycles. The predicted molar refractivity (Wildman–Crippen MR) is 64.0 cm³/mol. The van der Waals surface area contributed by atoms with Gasteiger partial charge in [-0.25, -0.2) is 4.98 Å². The third-order valence-electron chi connectivity index (χ3n) is 2.79. The second-order valence-electron chi connectivity index (χ2n) is 4.07. The van der Waals surface area contributed by atoms with Crippen LogP contribution in [0.3, 0.4) is 0 Å². The minimum Gasteiger partial charge on any atom is -0.330 e. The zero-order valence-electron chi connectivity index (χ0n) is 9.28. The van der Waals surface area contributed by atoms with Crippen LogP contribution in [0, 0.1) is 0 Å². The Morgan fingerprint density at radius 1 is 1.60 bits per heavy atom. The van der Waals surface area contributed by atoms with Crippen LogP contribution in [0.5, 0.6) is 0 Å². The number of hydrogen-bond donors (Lipinski definition) is 1. The summed E-state index contributed by atoms with van der Waals surface area (Å²) in [6.07, 6.45) is 3.65. The van der Waals surface area contributed by atoms with Crippen LogP contribution in [0.1, 0.15) is 30.5 Å². The van der Waals surface area contributed by atoms with Gasteiger partial charge in [0.25, 0.3) is 0 Å². The molecular formula is C11H19N3S. The summed E-state index contributed by atoms with van der Waals surface area (Å²) in [4.78, 5) is 7.11. The minimum absolute atomic E-state index is 0.701. The van der Waals surface area contributed by atoms with Gasteiger partial charge in [0.1, 0.15) is 0 Å². The quantitative estimate of drug-likeness (QED) is 0.800. The van der Waals surface area contributed by atoms with E-state index < -0.39 is 0 Å². The molecule has 15 heavy (non-hydrogen) atoms. The average Bonchev–Trinajstić information content (AvgIpc) is 2.98. The third kappa shape index (κ3) is 3.00. The first-order valence-corrected chi connectivity index (χ1v) is 6.58. The molecule has 1 aliphatic rings. The molecule has 4 heteroatoms. The summed E-state index contributed by atoms with van der Waals surface area (Å²) in [6.45, 7) is 5.08. The smallest absolute Gasteiger partial charge is 0.0941 e. The normalized spacial score (nSPS) is 16.2. The second-order valence-corrected chi connectivity index (χ2v) is 5.01. The van der Waals surface area contributed by atoms with Crippen LogP contribution in [0.2, 0.25) is 0 Å². The molecule has 0 spiro atoms. The van der Waals surface area contributed by atoms with Crippen molar-refractivity contribution in [1.82, 2.24) is 9.88 Å². The molecule has 0 bridgehead atoms. The zero-order valence-corrected chi connectivity index (χ0v) is 10.1. The van der Waals surface area contributed by atoms with E-state index in [0.29, 0.717) is 6.54 Å². The molecule has 84 valence electrons. The van der Waals surface area contributed by atoms with Crippen molar-refractivity contribution in [3.63, 3.8) is 0 Å². The lowest BCUT2D eigenvalue weighted by Crippen LogP contribution is -2.25. The van der Waals surface area contributed by atoms with Crippen LogP contribution in [-0.4, -0.2) is 29.0 Å². The molecule has 1 aromatic heterocycles. The van der Waals surface area contributed by atoms with Gasteiger partial charge in [0, 0.05) is 24.4 Å². The SMILES string of the molecule is CCN(Cc1csc(CCN)n1)C1CC1. The number of nitrogens with zero attached hydrogens (tertiary/aromatic N) is 2. The highest BCUT2D eigenvalue weighted by Gasteiger charge is 2.27. The van der Waals surface area contributed by atoms with Crippen molar-refractivity contribution < 1.29 is 0 Å². The Bertz CT molecular complexity index is 307. The maximum absolute atomic E-state index is 5.51. The Hall–Kier alpha value is -0.450. The Balaban J connectivity index is 1.90. The van der Waals surface area contributed by atoms with Gasteiger partial charge in [0.2, 0.25) is 0 Å². The number of aromatic nitrogens is 1. The van der Waals surface area contributed by atoms with Crippen molar-refractivity contribution in [3.05, 3.63) is 16.1 Å². The second kappa shape index (κ2) is 5.05. The molecule has 0 aromatic carbocycles. The van der Waals surface area contributed by atoms with E-state index in [4.69, 9.17) is 5.73 Å². The molecule has 1 fully saturated rings. The molecule has 1 aliphatic carbocycles. The van der Waals surface area contributed by atoms with E-state index in [2.05, 4.69) is 22.2 Å². The molecule has 2 rings (SSSR count). The first-order valence-electron chi connectivity index (χ1n) is 5.71. The van der Waals surface area contributed by atoms with E-state index in [1.54, 1.807) is 11.3 Å². The van der Waals surface area contributed by atoms with Crippen LogP contribution < -0.4 is 5.73 Å². The lowest BCUT2D eigenvalue weighted by atomic mass is 10.4. The molecule has 0 saturated heterocycles. The first kappa shape index (κ1) is 11.0. The standard InChI is InChI=1S/C11H19N3S/c1-2-14(10-3-4-10)7-9-8-15-11(13-9)5-6-12/h8,10H,2-7,12H2,1H3. The fraction of sp³-hybridized carbons (Fsp3) is 0.727. The molecule has 1 heterocycles.